The maximum absolute atomic E-state index is 12.4. The number of thioether (sulfide) groups is 1. The molecule has 2 heterocycles. The van der Waals surface area contributed by atoms with Crippen molar-refractivity contribution in [1.82, 2.24) is 0 Å². The van der Waals surface area contributed by atoms with Gasteiger partial charge in [-0.15, -0.1) is 23.1 Å². The lowest BCUT2D eigenvalue weighted by molar-refractivity contribution is -0.147. The molecule has 2 aromatic rings. The molecule has 1 aliphatic rings. The van der Waals surface area contributed by atoms with Crippen LogP contribution in [-0.4, -0.2) is 42.2 Å². The van der Waals surface area contributed by atoms with Gasteiger partial charge in [-0.25, -0.2) is 4.79 Å². The number of esters is 2. The molecular formula is C22H24N2O6S2. The van der Waals surface area contributed by atoms with E-state index in [4.69, 9.17) is 9.47 Å². The van der Waals surface area contributed by atoms with Gasteiger partial charge in [-0.3, -0.25) is 14.4 Å². The Labute approximate surface area is 194 Å². The average Bonchev–Trinajstić information content (AvgIpc) is 3.07. The number of amides is 2. The highest BCUT2D eigenvalue weighted by Gasteiger charge is 2.30. The highest BCUT2D eigenvalue weighted by atomic mass is 32.2. The van der Waals surface area contributed by atoms with Gasteiger partial charge >= 0.3 is 11.9 Å². The van der Waals surface area contributed by atoms with Crippen molar-refractivity contribution in [1.29, 1.82) is 0 Å². The van der Waals surface area contributed by atoms with Crippen molar-refractivity contribution in [3.8, 4) is 0 Å². The topological polar surface area (TPSA) is 111 Å². The van der Waals surface area contributed by atoms with Crippen LogP contribution in [0.15, 0.2) is 29.2 Å². The summed E-state index contributed by atoms with van der Waals surface area (Å²) in [6.45, 7) is 5.20. The van der Waals surface area contributed by atoms with Crippen LogP contribution in [0.1, 0.15) is 41.1 Å². The Morgan fingerprint density at radius 3 is 2.62 bits per heavy atom. The third-order valence-electron chi connectivity index (χ3n) is 4.72. The first kappa shape index (κ1) is 23.8. The van der Waals surface area contributed by atoms with E-state index in [0.29, 0.717) is 22.7 Å². The Kier molecular flexibility index (Phi) is 7.92. The van der Waals surface area contributed by atoms with Crippen molar-refractivity contribution in [3.63, 3.8) is 0 Å². The number of hydrogen-bond acceptors (Lipinski definition) is 8. The van der Waals surface area contributed by atoms with E-state index in [-0.39, 0.29) is 18.9 Å². The van der Waals surface area contributed by atoms with E-state index in [2.05, 4.69) is 10.6 Å². The van der Waals surface area contributed by atoms with Crippen LogP contribution in [0.2, 0.25) is 0 Å². The quantitative estimate of drug-likeness (QED) is 0.558. The number of carbonyl (C=O) groups excluding carboxylic acids is 4. The first-order valence-electron chi connectivity index (χ1n) is 10.1. The number of anilines is 2. The zero-order valence-electron chi connectivity index (χ0n) is 18.0. The van der Waals surface area contributed by atoms with Crippen molar-refractivity contribution < 1.29 is 28.7 Å². The lowest BCUT2D eigenvalue weighted by Gasteiger charge is -2.23. The SMILES string of the molecule is CCOC(=O)c1c(NC(=O)COC(=O)C[C@@H]2Sc3ccccc3NC2=O)sc(C)c1CC. The molecule has 2 N–H and O–H groups in total. The number of nitrogens with one attached hydrogen (secondary N) is 2. The molecule has 0 radical (unpaired) electrons. The van der Waals surface area contributed by atoms with Crippen LogP contribution in [0.25, 0.3) is 0 Å². The van der Waals surface area contributed by atoms with Crippen LogP contribution in [-0.2, 0) is 30.3 Å². The van der Waals surface area contributed by atoms with E-state index >= 15 is 0 Å². The lowest BCUT2D eigenvalue weighted by atomic mass is 10.1. The minimum atomic E-state index is -0.658. The second-order valence-electron chi connectivity index (χ2n) is 6.92. The monoisotopic (exact) mass is 476 g/mol. The van der Waals surface area contributed by atoms with Gasteiger partial charge in [0, 0.05) is 9.77 Å². The summed E-state index contributed by atoms with van der Waals surface area (Å²) in [5.74, 6) is -2.01. The Bertz CT molecular complexity index is 1050. The molecule has 170 valence electrons. The smallest absolute Gasteiger partial charge is 0.341 e. The van der Waals surface area contributed by atoms with Crippen LogP contribution >= 0.6 is 23.1 Å². The predicted molar refractivity (Wildman–Crippen MR) is 123 cm³/mol. The summed E-state index contributed by atoms with van der Waals surface area (Å²) in [7, 11) is 0. The summed E-state index contributed by atoms with van der Waals surface area (Å²) in [4.78, 5) is 50.9. The van der Waals surface area contributed by atoms with E-state index in [1.54, 1.807) is 13.0 Å². The van der Waals surface area contributed by atoms with E-state index in [1.807, 2.05) is 32.0 Å². The number of thiophene rings is 1. The molecule has 3 rings (SSSR count). The van der Waals surface area contributed by atoms with Gasteiger partial charge in [0.1, 0.15) is 5.00 Å². The van der Waals surface area contributed by atoms with Gasteiger partial charge in [0.2, 0.25) is 5.91 Å². The fourth-order valence-electron chi connectivity index (χ4n) is 3.26. The van der Waals surface area contributed by atoms with Crippen molar-refractivity contribution >= 4 is 57.5 Å². The van der Waals surface area contributed by atoms with Crippen LogP contribution in [0.4, 0.5) is 10.7 Å². The number of benzene rings is 1. The largest absolute Gasteiger partial charge is 0.462 e. The minimum Gasteiger partial charge on any atom is -0.462 e. The second-order valence-corrected chi connectivity index (χ2v) is 9.39. The minimum absolute atomic E-state index is 0.162. The molecule has 0 saturated heterocycles. The fraction of sp³-hybridized carbons (Fsp3) is 0.364. The number of fused-ring (bicyclic) bond motifs is 1. The summed E-state index contributed by atoms with van der Waals surface area (Å²) in [6.07, 6.45) is 0.454. The van der Waals surface area contributed by atoms with Gasteiger partial charge in [-0.2, -0.15) is 0 Å². The molecule has 2 amide bonds. The predicted octanol–water partition coefficient (Wildman–Crippen LogP) is 3.78. The van der Waals surface area contributed by atoms with Gasteiger partial charge in [0.25, 0.3) is 5.91 Å². The highest BCUT2D eigenvalue weighted by molar-refractivity contribution is 8.01. The standard InChI is InChI=1S/C22H24N2O6S2/c1-4-13-12(3)31-21(19(13)22(28)29-5-2)24-17(25)11-30-18(26)10-16-20(27)23-14-8-6-7-9-15(14)32-16/h6-9,16H,4-5,10-11H2,1-3H3,(H,23,27)(H,24,25)/t16-/m0/s1. The van der Waals surface area contributed by atoms with Gasteiger partial charge in [0.15, 0.2) is 6.61 Å². The molecule has 1 aromatic carbocycles. The molecule has 1 aromatic heterocycles. The molecule has 0 unspecified atom stereocenters. The Balaban J connectivity index is 1.57. The summed E-state index contributed by atoms with van der Waals surface area (Å²) < 4.78 is 10.2. The zero-order valence-corrected chi connectivity index (χ0v) is 19.6. The molecule has 0 saturated carbocycles. The molecule has 0 spiro atoms. The lowest BCUT2D eigenvalue weighted by Crippen LogP contribution is -2.32. The van der Waals surface area contributed by atoms with E-state index in [1.165, 1.54) is 23.1 Å². The molecule has 0 fully saturated rings. The number of hydrogen-bond donors (Lipinski definition) is 2. The highest BCUT2D eigenvalue weighted by Crippen LogP contribution is 2.37. The fourth-order valence-corrected chi connectivity index (χ4v) is 5.50. The molecule has 0 aliphatic carbocycles. The molecular weight excluding hydrogens is 452 g/mol. The summed E-state index contributed by atoms with van der Waals surface area (Å²) in [5, 5.41) is 5.14. The van der Waals surface area contributed by atoms with Gasteiger partial charge in [-0.05, 0) is 38.0 Å². The second kappa shape index (κ2) is 10.6. The first-order chi connectivity index (χ1) is 15.3. The number of rotatable bonds is 8. The Hall–Kier alpha value is -2.85. The third kappa shape index (κ3) is 5.49. The van der Waals surface area contributed by atoms with E-state index in [9.17, 15) is 19.2 Å². The average molecular weight is 477 g/mol. The van der Waals surface area contributed by atoms with Crippen LogP contribution in [0.3, 0.4) is 0 Å². The Morgan fingerprint density at radius 1 is 1.16 bits per heavy atom. The number of carbonyl (C=O) groups is 4. The normalized spacial score (nSPS) is 14.8. The van der Waals surface area contributed by atoms with Crippen LogP contribution < -0.4 is 10.6 Å². The number of ether oxygens (including phenoxy) is 2. The zero-order chi connectivity index (χ0) is 23.3. The first-order valence-corrected chi connectivity index (χ1v) is 11.8. The van der Waals surface area contributed by atoms with Crippen molar-refractivity contribution in [3.05, 3.63) is 40.3 Å². The molecule has 8 nitrogen and oxygen atoms in total. The summed E-state index contributed by atoms with van der Waals surface area (Å²) >= 11 is 2.56. The molecule has 10 heteroatoms. The molecule has 32 heavy (non-hydrogen) atoms. The third-order valence-corrected chi connectivity index (χ3v) is 7.06. The van der Waals surface area contributed by atoms with Gasteiger partial charge in [0.05, 0.1) is 29.5 Å². The summed E-state index contributed by atoms with van der Waals surface area (Å²) in [5.41, 5.74) is 1.87. The van der Waals surface area contributed by atoms with Crippen molar-refractivity contribution in [2.24, 2.45) is 0 Å². The number of aryl methyl sites for hydroxylation is 1. The van der Waals surface area contributed by atoms with Crippen molar-refractivity contribution in [2.45, 2.75) is 43.8 Å². The van der Waals surface area contributed by atoms with E-state index < -0.39 is 29.7 Å². The summed E-state index contributed by atoms with van der Waals surface area (Å²) in [6, 6.07) is 7.32. The Morgan fingerprint density at radius 2 is 1.91 bits per heavy atom. The molecule has 1 atom stereocenters. The van der Waals surface area contributed by atoms with Crippen LogP contribution in [0, 0.1) is 6.92 Å². The maximum atomic E-state index is 12.4. The molecule has 1 aliphatic heterocycles. The van der Waals surface area contributed by atoms with E-state index in [0.717, 1.165) is 15.3 Å². The van der Waals surface area contributed by atoms with Gasteiger partial charge in [-0.1, -0.05) is 19.1 Å². The molecule has 0 bridgehead atoms. The van der Waals surface area contributed by atoms with Gasteiger partial charge < -0.3 is 20.1 Å². The maximum Gasteiger partial charge on any atom is 0.341 e. The van der Waals surface area contributed by atoms with Crippen LogP contribution in [0.5, 0.6) is 0 Å². The number of para-hydroxylation sites is 1. The van der Waals surface area contributed by atoms with Crippen molar-refractivity contribution in [2.75, 3.05) is 23.8 Å².